The van der Waals surface area contributed by atoms with Gasteiger partial charge >= 0.3 is 6.18 Å². The second-order valence-electron chi connectivity index (χ2n) is 4.60. The highest BCUT2D eigenvalue weighted by Crippen LogP contribution is 2.34. The molecule has 1 unspecified atom stereocenters. The zero-order valence-corrected chi connectivity index (χ0v) is 10.5. The maximum atomic E-state index is 12.9. The van der Waals surface area contributed by atoms with Crippen LogP contribution in [0, 0.1) is 0 Å². The maximum Gasteiger partial charge on any atom is 0.416 e. The number of hydrogen-bond acceptors (Lipinski definition) is 3. The summed E-state index contributed by atoms with van der Waals surface area (Å²) >= 11 is 0. The first-order valence-corrected chi connectivity index (χ1v) is 6.20. The Balaban J connectivity index is 2.12. The normalized spacial score (nSPS) is 19.4. The Morgan fingerprint density at radius 3 is 2.47 bits per heavy atom. The average Bonchev–Trinajstić information content (AvgIpc) is 2.39. The first-order valence-electron chi connectivity index (χ1n) is 6.20. The van der Waals surface area contributed by atoms with E-state index in [0.29, 0.717) is 32.8 Å². The molecule has 1 aromatic carbocycles. The van der Waals surface area contributed by atoms with E-state index >= 15 is 0 Å². The molecule has 106 valence electrons. The molecule has 2 N–H and O–H groups in total. The molecule has 0 spiro atoms. The van der Waals surface area contributed by atoms with Gasteiger partial charge in [-0.3, -0.25) is 4.90 Å². The van der Waals surface area contributed by atoms with Crippen molar-refractivity contribution in [2.24, 2.45) is 5.73 Å². The fourth-order valence-electron chi connectivity index (χ4n) is 2.24. The number of nitrogens with two attached hydrogens (primary N) is 1. The molecule has 1 atom stereocenters. The first-order chi connectivity index (χ1) is 8.98. The molecule has 1 aromatic rings. The highest BCUT2D eigenvalue weighted by Gasteiger charge is 2.34. The predicted molar refractivity (Wildman–Crippen MR) is 65.6 cm³/mol. The molecular weight excluding hydrogens is 257 g/mol. The van der Waals surface area contributed by atoms with Gasteiger partial charge in [-0.05, 0) is 11.6 Å². The second kappa shape index (κ2) is 5.90. The molecule has 3 nitrogen and oxygen atoms in total. The number of halogens is 3. The lowest BCUT2D eigenvalue weighted by molar-refractivity contribution is -0.138. The third-order valence-corrected chi connectivity index (χ3v) is 3.22. The number of nitrogens with zero attached hydrogens (tertiary/aromatic N) is 1. The lowest BCUT2D eigenvalue weighted by Crippen LogP contribution is -2.40. The van der Waals surface area contributed by atoms with E-state index in [1.807, 2.05) is 4.90 Å². The Labute approximate surface area is 110 Å². The number of alkyl halides is 3. The van der Waals surface area contributed by atoms with Crippen LogP contribution in [0.1, 0.15) is 17.2 Å². The summed E-state index contributed by atoms with van der Waals surface area (Å²) in [5.41, 5.74) is 5.45. The zero-order valence-electron chi connectivity index (χ0n) is 10.5. The van der Waals surface area contributed by atoms with Crippen molar-refractivity contribution in [3.63, 3.8) is 0 Å². The Kier molecular flexibility index (Phi) is 4.44. The third kappa shape index (κ3) is 3.68. The molecule has 0 saturated carbocycles. The van der Waals surface area contributed by atoms with Crippen LogP contribution in [0.15, 0.2) is 24.3 Å². The summed E-state index contributed by atoms with van der Waals surface area (Å²) in [6.07, 6.45) is -4.36. The van der Waals surface area contributed by atoms with E-state index in [9.17, 15) is 13.2 Å². The summed E-state index contributed by atoms with van der Waals surface area (Å²) in [6, 6.07) is 4.86. The molecule has 1 heterocycles. The van der Waals surface area contributed by atoms with Gasteiger partial charge < -0.3 is 10.5 Å². The van der Waals surface area contributed by atoms with Gasteiger partial charge in [-0.2, -0.15) is 13.2 Å². The fourth-order valence-corrected chi connectivity index (χ4v) is 2.24. The number of ether oxygens (including phenoxy) is 1. The van der Waals surface area contributed by atoms with E-state index in [1.165, 1.54) is 12.1 Å². The minimum atomic E-state index is -4.36. The summed E-state index contributed by atoms with van der Waals surface area (Å²) in [5, 5.41) is 0. The Bertz CT molecular complexity index is 417. The smallest absolute Gasteiger partial charge is 0.379 e. The molecule has 1 saturated heterocycles. The number of rotatable bonds is 3. The highest BCUT2D eigenvalue weighted by atomic mass is 19.4. The second-order valence-corrected chi connectivity index (χ2v) is 4.60. The Morgan fingerprint density at radius 2 is 1.84 bits per heavy atom. The van der Waals surface area contributed by atoms with Gasteiger partial charge in [0.2, 0.25) is 0 Å². The molecule has 19 heavy (non-hydrogen) atoms. The molecule has 2 rings (SSSR count). The molecular formula is C13H17F3N2O. The molecule has 0 radical (unpaired) electrons. The quantitative estimate of drug-likeness (QED) is 0.916. The summed E-state index contributed by atoms with van der Waals surface area (Å²) in [6.45, 7) is 3.04. The Hall–Kier alpha value is -1.11. The minimum absolute atomic E-state index is 0.154. The van der Waals surface area contributed by atoms with Crippen molar-refractivity contribution < 1.29 is 17.9 Å². The predicted octanol–water partition coefficient (Wildman–Crippen LogP) is 2.04. The monoisotopic (exact) mass is 274 g/mol. The fraction of sp³-hybridized carbons (Fsp3) is 0.538. The van der Waals surface area contributed by atoms with Crippen molar-refractivity contribution >= 4 is 0 Å². The van der Waals surface area contributed by atoms with Crippen molar-refractivity contribution in [1.82, 2.24) is 4.90 Å². The van der Waals surface area contributed by atoms with E-state index in [4.69, 9.17) is 10.5 Å². The molecule has 6 heteroatoms. The molecule has 1 aliphatic rings. The zero-order chi connectivity index (χ0) is 13.9. The lowest BCUT2D eigenvalue weighted by Gasteiger charge is -2.29. The summed E-state index contributed by atoms with van der Waals surface area (Å²) < 4.78 is 43.9. The van der Waals surface area contributed by atoms with Gasteiger partial charge in [0.25, 0.3) is 0 Å². The van der Waals surface area contributed by atoms with Crippen molar-refractivity contribution in [2.45, 2.75) is 12.2 Å². The van der Waals surface area contributed by atoms with Crippen molar-refractivity contribution in [2.75, 3.05) is 32.8 Å². The van der Waals surface area contributed by atoms with E-state index in [2.05, 4.69) is 0 Å². The minimum Gasteiger partial charge on any atom is -0.379 e. The lowest BCUT2D eigenvalue weighted by atomic mass is 10.00. The van der Waals surface area contributed by atoms with Gasteiger partial charge in [-0.25, -0.2) is 0 Å². The maximum absolute atomic E-state index is 12.9. The Morgan fingerprint density at radius 1 is 1.21 bits per heavy atom. The van der Waals surface area contributed by atoms with Gasteiger partial charge in [0.05, 0.1) is 18.8 Å². The molecule has 0 aromatic heterocycles. The van der Waals surface area contributed by atoms with E-state index in [1.54, 1.807) is 6.07 Å². The molecule has 1 fully saturated rings. The number of hydrogen-bond donors (Lipinski definition) is 1. The molecule has 0 bridgehead atoms. The van der Waals surface area contributed by atoms with Crippen LogP contribution in [-0.2, 0) is 10.9 Å². The van der Waals surface area contributed by atoms with Crippen LogP contribution in [0.5, 0.6) is 0 Å². The standard InChI is InChI=1S/C13H17F3N2O/c14-13(15,16)11-4-2-1-3-10(11)12(17)9-18-5-7-19-8-6-18/h1-4,12H,5-9,17H2. The van der Waals surface area contributed by atoms with Crippen LogP contribution in [0.3, 0.4) is 0 Å². The third-order valence-electron chi connectivity index (χ3n) is 3.22. The van der Waals surface area contributed by atoms with Gasteiger partial charge in [-0.15, -0.1) is 0 Å². The van der Waals surface area contributed by atoms with Gasteiger partial charge in [0, 0.05) is 25.7 Å². The topological polar surface area (TPSA) is 38.5 Å². The largest absolute Gasteiger partial charge is 0.416 e. The van der Waals surface area contributed by atoms with E-state index < -0.39 is 17.8 Å². The summed E-state index contributed by atoms with van der Waals surface area (Å²) in [4.78, 5) is 2.03. The van der Waals surface area contributed by atoms with E-state index in [-0.39, 0.29) is 5.56 Å². The molecule has 0 amide bonds. The van der Waals surface area contributed by atoms with Crippen LogP contribution in [0.2, 0.25) is 0 Å². The average molecular weight is 274 g/mol. The van der Waals surface area contributed by atoms with Crippen molar-refractivity contribution in [3.05, 3.63) is 35.4 Å². The summed E-state index contributed by atoms with van der Waals surface area (Å²) in [7, 11) is 0. The van der Waals surface area contributed by atoms with Crippen molar-refractivity contribution in [1.29, 1.82) is 0 Å². The van der Waals surface area contributed by atoms with Gasteiger partial charge in [-0.1, -0.05) is 18.2 Å². The first kappa shape index (κ1) is 14.3. The van der Waals surface area contributed by atoms with Crippen LogP contribution >= 0.6 is 0 Å². The molecule has 0 aliphatic carbocycles. The highest BCUT2D eigenvalue weighted by molar-refractivity contribution is 5.32. The van der Waals surface area contributed by atoms with Crippen LogP contribution in [-0.4, -0.2) is 37.7 Å². The van der Waals surface area contributed by atoms with Crippen LogP contribution < -0.4 is 5.73 Å². The summed E-state index contributed by atoms with van der Waals surface area (Å²) in [5.74, 6) is 0. The van der Waals surface area contributed by atoms with Crippen LogP contribution in [0.4, 0.5) is 13.2 Å². The van der Waals surface area contributed by atoms with Crippen LogP contribution in [0.25, 0.3) is 0 Å². The molecule has 1 aliphatic heterocycles. The van der Waals surface area contributed by atoms with E-state index in [0.717, 1.165) is 6.07 Å². The SMILES string of the molecule is NC(CN1CCOCC1)c1ccccc1C(F)(F)F. The number of benzene rings is 1. The van der Waals surface area contributed by atoms with Gasteiger partial charge in [0.1, 0.15) is 0 Å². The van der Waals surface area contributed by atoms with Gasteiger partial charge in [0.15, 0.2) is 0 Å². The number of morpholine rings is 1. The van der Waals surface area contributed by atoms with Crippen molar-refractivity contribution in [3.8, 4) is 0 Å².